The summed E-state index contributed by atoms with van der Waals surface area (Å²) in [5.74, 6) is -0.138. The summed E-state index contributed by atoms with van der Waals surface area (Å²) in [6.07, 6.45) is 0.249. The molecule has 1 heterocycles. The number of aromatic nitrogens is 1. The van der Waals surface area contributed by atoms with Crippen LogP contribution in [0.4, 0.5) is 5.69 Å². The number of hydrogen-bond acceptors (Lipinski definition) is 3. The average Bonchev–Trinajstić information content (AvgIpc) is 3.09. The number of carbonyl (C=O) groups excluding carboxylic acids is 1. The zero-order chi connectivity index (χ0) is 18.8. The van der Waals surface area contributed by atoms with Crippen LogP contribution in [0.25, 0.3) is 20.8 Å². The Hall–Kier alpha value is -2.40. The highest BCUT2D eigenvalue weighted by molar-refractivity contribution is 7.21. The Morgan fingerprint density at radius 3 is 2.56 bits per heavy atom. The highest BCUT2D eigenvalue weighted by Crippen LogP contribution is 2.33. The van der Waals surface area contributed by atoms with Gasteiger partial charge in [-0.15, -0.1) is 11.3 Å². The average molecular weight is 413 g/mol. The van der Waals surface area contributed by atoms with Crippen molar-refractivity contribution in [1.82, 2.24) is 4.98 Å². The SMILES string of the molecule is O=C(Cc1ccc(Cl)cc1)Nc1cc(-c2nc3ccccc3s2)ccc1Cl. The summed E-state index contributed by atoms with van der Waals surface area (Å²) in [6, 6.07) is 20.7. The van der Waals surface area contributed by atoms with Gasteiger partial charge in [-0.05, 0) is 42.0 Å². The van der Waals surface area contributed by atoms with Crippen LogP contribution in [0.2, 0.25) is 10.0 Å². The van der Waals surface area contributed by atoms with Crippen LogP contribution in [0.3, 0.4) is 0 Å². The monoisotopic (exact) mass is 412 g/mol. The third-order valence-electron chi connectivity index (χ3n) is 4.06. The van der Waals surface area contributed by atoms with E-state index in [2.05, 4.69) is 10.3 Å². The molecule has 0 atom stereocenters. The maximum absolute atomic E-state index is 12.4. The number of halogens is 2. The number of carbonyl (C=O) groups is 1. The fraction of sp³-hybridized carbons (Fsp3) is 0.0476. The molecule has 0 unspecified atom stereocenters. The van der Waals surface area contributed by atoms with Crippen LogP contribution in [-0.4, -0.2) is 10.9 Å². The smallest absolute Gasteiger partial charge is 0.228 e. The molecule has 1 amide bonds. The predicted molar refractivity (Wildman–Crippen MR) is 114 cm³/mol. The van der Waals surface area contributed by atoms with Gasteiger partial charge < -0.3 is 5.32 Å². The number of rotatable bonds is 4. The molecular formula is C21H14Cl2N2OS. The van der Waals surface area contributed by atoms with Crippen LogP contribution in [0.5, 0.6) is 0 Å². The van der Waals surface area contributed by atoms with Crippen molar-refractivity contribution >= 4 is 56.3 Å². The third kappa shape index (κ3) is 4.14. The van der Waals surface area contributed by atoms with Gasteiger partial charge in [0.1, 0.15) is 5.01 Å². The van der Waals surface area contributed by atoms with Gasteiger partial charge in [-0.3, -0.25) is 4.79 Å². The number of amides is 1. The summed E-state index contributed by atoms with van der Waals surface area (Å²) in [7, 11) is 0. The summed E-state index contributed by atoms with van der Waals surface area (Å²) in [4.78, 5) is 17.1. The van der Waals surface area contributed by atoms with Crippen molar-refractivity contribution in [2.24, 2.45) is 0 Å². The second-order valence-corrected chi connectivity index (χ2v) is 7.91. The molecule has 0 bridgehead atoms. The Balaban J connectivity index is 1.56. The highest BCUT2D eigenvalue weighted by Gasteiger charge is 2.11. The molecule has 3 nitrogen and oxygen atoms in total. The Morgan fingerprint density at radius 1 is 1.00 bits per heavy atom. The molecule has 0 saturated heterocycles. The lowest BCUT2D eigenvalue weighted by Gasteiger charge is -2.09. The molecule has 3 aromatic carbocycles. The van der Waals surface area contributed by atoms with Crippen LogP contribution in [0.1, 0.15) is 5.56 Å². The van der Waals surface area contributed by atoms with E-state index in [1.165, 1.54) is 0 Å². The number of benzene rings is 3. The Kier molecular flexibility index (Phi) is 5.12. The maximum atomic E-state index is 12.4. The van der Waals surface area contributed by atoms with E-state index in [-0.39, 0.29) is 12.3 Å². The van der Waals surface area contributed by atoms with Gasteiger partial charge in [0.2, 0.25) is 5.91 Å². The zero-order valence-electron chi connectivity index (χ0n) is 14.1. The molecule has 0 radical (unpaired) electrons. The number of anilines is 1. The topological polar surface area (TPSA) is 42.0 Å². The molecule has 4 aromatic rings. The van der Waals surface area contributed by atoms with E-state index in [4.69, 9.17) is 23.2 Å². The van der Waals surface area contributed by atoms with Crippen molar-refractivity contribution in [2.75, 3.05) is 5.32 Å². The summed E-state index contributed by atoms with van der Waals surface area (Å²) >= 11 is 13.8. The maximum Gasteiger partial charge on any atom is 0.228 e. The number of nitrogens with zero attached hydrogens (tertiary/aromatic N) is 1. The van der Waals surface area contributed by atoms with Crippen molar-refractivity contribution in [3.8, 4) is 10.6 Å². The standard InChI is InChI=1S/C21H14Cl2N2OS/c22-15-8-5-13(6-9-15)11-20(26)24-18-12-14(7-10-16(18)23)21-25-17-3-1-2-4-19(17)27-21/h1-10,12H,11H2,(H,24,26). The van der Waals surface area contributed by atoms with Gasteiger partial charge in [0.25, 0.3) is 0 Å². The second-order valence-electron chi connectivity index (χ2n) is 6.03. The van der Waals surface area contributed by atoms with Crippen LogP contribution < -0.4 is 5.32 Å². The zero-order valence-corrected chi connectivity index (χ0v) is 16.4. The van der Waals surface area contributed by atoms with E-state index in [1.54, 1.807) is 29.5 Å². The minimum Gasteiger partial charge on any atom is -0.324 e. The van der Waals surface area contributed by atoms with E-state index in [9.17, 15) is 4.79 Å². The van der Waals surface area contributed by atoms with Gasteiger partial charge in [-0.1, -0.05) is 53.5 Å². The lowest BCUT2D eigenvalue weighted by Crippen LogP contribution is -2.14. The Bertz CT molecular complexity index is 1090. The normalized spacial score (nSPS) is 10.9. The van der Waals surface area contributed by atoms with E-state index < -0.39 is 0 Å². The Morgan fingerprint density at radius 2 is 1.78 bits per heavy atom. The van der Waals surface area contributed by atoms with Gasteiger partial charge in [0.05, 0.1) is 27.3 Å². The van der Waals surface area contributed by atoms with Gasteiger partial charge in [0, 0.05) is 10.6 Å². The summed E-state index contributed by atoms with van der Waals surface area (Å²) < 4.78 is 1.12. The van der Waals surface area contributed by atoms with Crippen molar-refractivity contribution in [2.45, 2.75) is 6.42 Å². The van der Waals surface area contributed by atoms with E-state index in [1.807, 2.05) is 48.5 Å². The summed E-state index contributed by atoms with van der Waals surface area (Å²) in [5, 5.41) is 4.91. The predicted octanol–water partition coefficient (Wildman–Crippen LogP) is 6.45. The van der Waals surface area contributed by atoms with E-state index >= 15 is 0 Å². The molecular weight excluding hydrogens is 399 g/mol. The minimum atomic E-state index is -0.138. The molecule has 134 valence electrons. The van der Waals surface area contributed by atoms with Crippen molar-refractivity contribution in [3.63, 3.8) is 0 Å². The second kappa shape index (κ2) is 7.69. The molecule has 0 spiro atoms. The number of nitrogens with one attached hydrogen (secondary N) is 1. The van der Waals surface area contributed by atoms with Gasteiger partial charge >= 0.3 is 0 Å². The molecule has 0 aliphatic rings. The van der Waals surface area contributed by atoms with Crippen molar-refractivity contribution in [1.29, 1.82) is 0 Å². The third-order valence-corrected chi connectivity index (χ3v) is 5.73. The van der Waals surface area contributed by atoms with Crippen LogP contribution in [0.15, 0.2) is 66.7 Å². The summed E-state index contributed by atoms with van der Waals surface area (Å²) in [5.41, 5.74) is 3.34. The van der Waals surface area contributed by atoms with Crippen LogP contribution >= 0.6 is 34.5 Å². The first kappa shape index (κ1) is 18.0. The largest absolute Gasteiger partial charge is 0.324 e. The molecule has 0 saturated carbocycles. The minimum absolute atomic E-state index is 0.138. The molecule has 0 aliphatic heterocycles. The van der Waals surface area contributed by atoms with Crippen molar-refractivity contribution < 1.29 is 4.79 Å². The molecule has 0 fully saturated rings. The molecule has 1 N–H and O–H groups in total. The first-order valence-corrected chi connectivity index (χ1v) is 9.85. The molecule has 27 heavy (non-hydrogen) atoms. The number of para-hydroxylation sites is 1. The Labute approximate surface area is 170 Å². The van der Waals surface area contributed by atoms with E-state index in [0.29, 0.717) is 15.7 Å². The first-order chi connectivity index (χ1) is 13.1. The molecule has 6 heteroatoms. The van der Waals surface area contributed by atoms with Crippen LogP contribution in [0, 0.1) is 0 Å². The van der Waals surface area contributed by atoms with Gasteiger partial charge in [0.15, 0.2) is 0 Å². The first-order valence-electron chi connectivity index (χ1n) is 8.28. The van der Waals surface area contributed by atoms with Crippen LogP contribution in [-0.2, 0) is 11.2 Å². The lowest BCUT2D eigenvalue weighted by atomic mass is 10.1. The highest BCUT2D eigenvalue weighted by atomic mass is 35.5. The van der Waals surface area contributed by atoms with Gasteiger partial charge in [-0.2, -0.15) is 0 Å². The lowest BCUT2D eigenvalue weighted by molar-refractivity contribution is -0.115. The van der Waals surface area contributed by atoms with Gasteiger partial charge in [-0.25, -0.2) is 4.98 Å². The van der Waals surface area contributed by atoms with E-state index in [0.717, 1.165) is 26.4 Å². The van der Waals surface area contributed by atoms with Crippen molar-refractivity contribution in [3.05, 3.63) is 82.3 Å². The number of fused-ring (bicyclic) bond motifs is 1. The number of thiazole rings is 1. The summed E-state index contributed by atoms with van der Waals surface area (Å²) in [6.45, 7) is 0. The fourth-order valence-electron chi connectivity index (χ4n) is 2.73. The fourth-order valence-corrected chi connectivity index (χ4v) is 3.98. The molecule has 1 aromatic heterocycles. The quantitative estimate of drug-likeness (QED) is 0.418. The molecule has 0 aliphatic carbocycles. The molecule has 4 rings (SSSR count). The number of hydrogen-bond donors (Lipinski definition) is 1.